The molecule has 19 heavy (non-hydrogen) atoms. The van der Waals surface area contributed by atoms with Crippen LogP contribution in [0.3, 0.4) is 0 Å². The van der Waals surface area contributed by atoms with Crippen molar-refractivity contribution < 1.29 is 0 Å². The molecule has 1 aliphatic rings. The highest BCUT2D eigenvalue weighted by atomic mass is 32.1. The van der Waals surface area contributed by atoms with E-state index < -0.39 is 0 Å². The minimum Gasteiger partial charge on any atom is -0.385 e. The molecular formula is C13H13N5S. The van der Waals surface area contributed by atoms with Crippen molar-refractivity contribution in [1.29, 1.82) is 0 Å². The van der Waals surface area contributed by atoms with Crippen LogP contribution in [0.2, 0.25) is 0 Å². The molecule has 6 heteroatoms. The number of anilines is 1. The Hall–Kier alpha value is -1.95. The van der Waals surface area contributed by atoms with Crippen molar-refractivity contribution in [3.8, 4) is 10.6 Å². The Kier molecular flexibility index (Phi) is 2.32. The minimum atomic E-state index is 0.831. The molecule has 0 unspecified atom stereocenters. The first kappa shape index (κ1) is 10.9. The highest BCUT2D eigenvalue weighted by molar-refractivity contribution is 7.19. The first-order valence-corrected chi connectivity index (χ1v) is 7.19. The fourth-order valence-corrected chi connectivity index (χ4v) is 3.32. The topological polar surface area (TPSA) is 55.1 Å². The molecule has 2 aromatic heterocycles. The maximum Gasteiger partial charge on any atom is 0.234 e. The second-order valence-corrected chi connectivity index (χ2v) is 5.71. The molecule has 96 valence electrons. The van der Waals surface area contributed by atoms with E-state index in [0.717, 1.165) is 34.3 Å². The predicted molar refractivity (Wildman–Crippen MR) is 75.6 cm³/mol. The van der Waals surface area contributed by atoms with Crippen LogP contribution in [0, 0.1) is 6.92 Å². The summed E-state index contributed by atoms with van der Waals surface area (Å²) < 4.78 is 1.80. The van der Waals surface area contributed by atoms with Gasteiger partial charge in [0.1, 0.15) is 5.01 Å². The van der Waals surface area contributed by atoms with Crippen molar-refractivity contribution in [2.45, 2.75) is 19.8 Å². The van der Waals surface area contributed by atoms with Gasteiger partial charge >= 0.3 is 0 Å². The summed E-state index contributed by atoms with van der Waals surface area (Å²) in [6, 6.07) is 6.51. The number of hydrogen-bond donors (Lipinski definition) is 1. The molecule has 4 rings (SSSR count). The van der Waals surface area contributed by atoms with E-state index in [2.05, 4.69) is 38.8 Å². The average molecular weight is 271 g/mol. The van der Waals surface area contributed by atoms with Gasteiger partial charge in [-0.2, -0.15) is 9.61 Å². The van der Waals surface area contributed by atoms with Crippen LogP contribution < -0.4 is 5.32 Å². The molecule has 0 aliphatic carbocycles. The number of nitrogens with zero attached hydrogens (tertiary/aromatic N) is 4. The van der Waals surface area contributed by atoms with Crippen molar-refractivity contribution in [3.63, 3.8) is 0 Å². The van der Waals surface area contributed by atoms with Gasteiger partial charge in [-0.05, 0) is 43.5 Å². The second kappa shape index (κ2) is 4.03. The van der Waals surface area contributed by atoms with Crippen molar-refractivity contribution in [2.24, 2.45) is 0 Å². The average Bonchev–Trinajstić information content (AvgIpc) is 3.01. The van der Waals surface area contributed by atoms with Crippen LogP contribution in [0.5, 0.6) is 0 Å². The fourth-order valence-electron chi connectivity index (χ4n) is 2.44. The number of rotatable bonds is 1. The van der Waals surface area contributed by atoms with E-state index in [9.17, 15) is 0 Å². The molecule has 0 saturated carbocycles. The number of nitrogens with one attached hydrogen (secondary N) is 1. The van der Waals surface area contributed by atoms with Gasteiger partial charge in [0.05, 0.1) is 0 Å². The van der Waals surface area contributed by atoms with Crippen LogP contribution in [0.15, 0.2) is 18.2 Å². The van der Waals surface area contributed by atoms with E-state index in [-0.39, 0.29) is 0 Å². The van der Waals surface area contributed by atoms with Gasteiger partial charge in [0.15, 0.2) is 5.82 Å². The van der Waals surface area contributed by atoms with Crippen LogP contribution in [0.4, 0.5) is 5.69 Å². The lowest BCUT2D eigenvalue weighted by atomic mass is 10.0. The zero-order valence-electron chi connectivity index (χ0n) is 10.6. The van der Waals surface area contributed by atoms with Crippen LogP contribution >= 0.6 is 11.3 Å². The Balaban J connectivity index is 1.82. The minimum absolute atomic E-state index is 0.831. The Morgan fingerprint density at radius 3 is 3.16 bits per heavy atom. The molecule has 1 N–H and O–H groups in total. The molecular weight excluding hydrogens is 258 g/mol. The van der Waals surface area contributed by atoms with Crippen LogP contribution in [0.1, 0.15) is 17.8 Å². The molecule has 3 heterocycles. The summed E-state index contributed by atoms with van der Waals surface area (Å²) in [6.45, 7) is 2.99. The van der Waals surface area contributed by atoms with Crippen molar-refractivity contribution in [3.05, 3.63) is 29.6 Å². The van der Waals surface area contributed by atoms with Crippen LogP contribution in [-0.4, -0.2) is 26.4 Å². The van der Waals surface area contributed by atoms with Gasteiger partial charge in [0.25, 0.3) is 0 Å². The lowest BCUT2D eigenvalue weighted by molar-refractivity contribution is 0.830. The lowest BCUT2D eigenvalue weighted by Crippen LogP contribution is -2.11. The van der Waals surface area contributed by atoms with Gasteiger partial charge in [0, 0.05) is 17.8 Å². The standard InChI is InChI=1S/C13H13N5S/c1-8-15-16-13-18(8)17-12(19-13)10-4-5-11-9(7-10)3-2-6-14-11/h4-5,7,14H,2-3,6H2,1H3. The highest BCUT2D eigenvalue weighted by Crippen LogP contribution is 2.30. The molecule has 3 aromatic rings. The molecule has 1 aliphatic heterocycles. The van der Waals surface area contributed by atoms with Gasteiger partial charge in [-0.1, -0.05) is 11.3 Å². The Labute approximate surface area is 114 Å². The van der Waals surface area contributed by atoms with E-state index >= 15 is 0 Å². The van der Waals surface area contributed by atoms with Crippen molar-refractivity contribution >= 4 is 22.0 Å². The van der Waals surface area contributed by atoms with Gasteiger partial charge in [-0.15, -0.1) is 10.2 Å². The predicted octanol–water partition coefficient (Wildman–Crippen LogP) is 2.52. The molecule has 0 radical (unpaired) electrons. The zero-order chi connectivity index (χ0) is 12.8. The maximum absolute atomic E-state index is 4.58. The third-order valence-electron chi connectivity index (χ3n) is 3.44. The fraction of sp³-hybridized carbons (Fsp3) is 0.308. The Morgan fingerprint density at radius 2 is 2.26 bits per heavy atom. The molecule has 0 bridgehead atoms. The summed E-state index contributed by atoms with van der Waals surface area (Å²) in [5.74, 6) is 0.831. The number of fused-ring (bicyclic) bond motifs is 2. The second-order valence-electron chi connectivity index (χ2n) is 4.75. The third kappa shape index (κ3) is 1.71. The molecule has 0 amide bonds. The Morgan fingerprint density at radius 1 is 1.32 bits per heavy atom. The monoisotopic (exact) mass is 271 g/mol. The first-order chi connectivity index (χ1) is 9.31. The Bertz CT molecular complexity index is 758. The zero-order valence-corrected chi connectivity index (χ0v) is 11.4. The number of benzene rings is 1. The largest absolute Gasteiger partial charge is 0.385 e. The summed E-state index contributed by atoms with van der Waals surface area (Å²) in [7, 11) is 0. The van der Waals surface area contributed by atoms with E-state index in [1.165, 1.54) is 17.7 Å². The van der Waals surface area contributed by atoms with Crippen molar-refractivity contribution in [1.82, 2.24) is 19.8 Å². The molecule has 5 nitrogen and oxygen atoms in total. The molecule has 0 fully saturated rings. The number of aromatic nitrogens is 4. The first-order valence-electron chi connectivity index (χ1n) is 6.37. The maximum atomic E-state index is 4.58. The van der Waals surface area contributed by atoms with Crippen LogP contribution in [0.25, 0.3) is 15.5 Å². The summed E-state index contributed by atoms with van der Waals surface area (Å²) in [5, 5.41) is 17.1. The summed E-state index contributed by atoms with van der Waals surface area (Å²) in [5.41, 5.74) is 3.80. The number of aryl methyl sites for hydroxylation is 2. The van der Waals surface area contributed by atoms with Gasteiger partial charge in [-0.3, -0.25) is 0 Å². The van der Waals surface area contributed by atoms with Gasteiger partial charge in [-0.25, -0.2) is 0 Å². The summed E-state index contributed by atoms with van der Waals surface area (Å²) >= 11 is 1.58. The molecule has 0 saturated heterocycles. The van der Waals surface area contributed by atoms with E-state index in [1.54, 1.807) is 15.9 Å². The van der Waals surface area contributed by atoms with E-state index in [0.29, 0.717) is 0 Å². The lowest BCUT2D eigenvalue weighted by Gasteiger charge is -2.18. The van der Waals surface area contributed by atoms with Gasteiger partial charge < -0.3 is 5.32 Å². The van der Waals surface area contributed by atoms with E-state index in [4.69, 9.17) is 0 Å². The quantitative estimate of drug-likeness (QED) is 0.739. The van der Waals surface area contributed by atoms with E-state index in [1.807, 2.05) is 6.92 Å². The molecule has 1 aromatic carbocycles. The van der Waals surface area contributed by atoms with Crippen molar-refractivity contribution in [2.75, 3.05) is 11.9 Å². The molecule has 0 spiro atoms. The van der Waals surface area contributed by atoms with Gasteiger partial charge in [0.2, 0.25) is 4.96 Å². The summed E-state index contributed by atoms with van der Waals surface area (Å²) in [4.78, 5) is 0.850. The third-order valence-corrected chi connectivity index (χ3v) is 4.39. The molecule has 0 atom stereocenters. The summed E-state index contributed by atoms with van der Waals surface area (Å²) in [6.07, 6.45) is 2.33. The van der Waals surface area contributed by atoms with Crippen LogP contribution in [-0.2, 0) is 6.42 Å². The SMILES string of the molecule is Cc1nnc2sc(-c3ccc4c(c3)CCCN4)nn12. The number of hydrogen-bond acceptors (Lipinski definition) is 5. The smallest absolute Gasteiger partial charge is 0.234 e. The normalized spacial score (nSPS) is 14.4. The highest BCUT2D eigenvalue weighted by Gasteiger charge is 2.13.